The van der Waals surface area contributed by atoms with Crippen molar-refractivity contribution in [3.8, 4) is 17.0 Å². The maximum Gasteiger partial charge on any atom is 0.148 e. The average Bonchev–Trinajstić information content (AvgIpc) is 2.79. The predicted molar refractivity (Wildman–Crippen MR) is 74.1 cm³/mol. The van der Waals surface area contributed by atoms with Crippen molar-refractivity contribution < 1.29 is 4.74 Å². The van der Waals surface area contributed by atoms with Gasteiger partial charge < -0.3 is 10.1 Å². The van der Waals surface area contributed by atoms with Crippen molar-refractivity contribution in [2.75, 3.05) is 19.5 Å². The number of methoxy groups -OCH3 is 1. The van der Waals surface area contributed by atoms with Crippen LogP contribution in [0.2, 0.25) is 0 Å². The zero-order chi connectivity index (χ0) is 13.1. The molecule has 96 valence electrons. The first kappa shape index (κ1) is 12.5. The molecule has 0 aliphatic heterocycles. The number of aromatic nitrogens is 2. The summed E-state index contributed by atoms with van der Waals surface area (Å²) in [5.41, 5.74) is 3.46. The van der Waals surface area contributed by atoms with E-state index < -0.39 is 0 Å². The van der Waals surface area contributed by atoms with Gasteiger partial charge in [-0.3, -0.25) is 4.68 Å². The van der Waals surface area contributed by atoms with Gasteiger partial charge in [-0.2, -0.15) is 5.10 Å². The molecule has 4 heteroatoms. The molecule has 0 amide bonds. The van der Waals surface area contributed by atoms with Gasteiger partial charge in [0, 0.05) is 25.7 Å². The monoisotopic (exact) mass is 245 g/mol. The summed E-state index contributed by atoms with van der Waals surface area (Å²) in [7, 11) is 5.53. The Kier molecular flexibility index (Phi) is 3.55. The topological polar surface area (TPSA) is 39.1 Å². The van der Waals surface area contributed by atoms with Crippen molar-refractivity contribution in [2.24, 2.45) is 7.05 Å². The Morgan fingerprint density at radius 1 is 1.33 bits per heavy atom. The summed E-state index contributed by atoms with van der Waals surface area (Å²) < 4.78 is 7.23. The largest absolute Gasteiger partial charge is 0.496 e. The van der Waals surface area contributed by atoms with Crippen LogP contribution in [0.15, 0.2) is 24.3 Å². The molecule has 0 fully saturated rings. The molecule has 2 rings (SSSR count). The van der Waals surface area contributed by atoms with Crippen LogP contribution in [-0.2, 0) is 13.5 Å². The van der Waals surface area contributed by atoms with Crippen molar-refractivity contribution in [3.05, 3.63) is 29.8 Å². The fourth-order valence-electron chi connectivity index (χ4n) is 2.07. The minimum absolute atomic E-state index is 0.876. The van der Waals surface area contributed by atoms with E-state index >= 15 is 0 Å². The van der Waals surface area contributed by atoms with Gasteiger partial charge in [-0.1, -0.05) is 6.92 Å². The quantitative estimate of drug-likeness (QED) is 0.900. The number of nitrogens with zero attached hydrogens (tertiary/aromatic N) is 2. The third-order valence-electron chi connectivity index (χ3n) is 3.09. The Balaban J connectivity index is 2.47. The number of benzene rings is 1. The minimum atomic E-state index is 0.876. The van der Waals surface area contributed by atoms with Crippen LogP contribution in [0.25, 0.3) is 11.3 Å². The number of hydrogen-bond donors (Lipinski definition) is 1. The molecule has 0 aliphatic carbocycles. The second-order valence-corrected chi connectivity index (χ2v) is 4.17. The van der Waals surface area contributed by atoms with Crippen molar-refractivity contribution in [3.63, 3.8) is 0 Å². The molecule has 1 aromatic carbocycles. The molecule has 1 heterocycles. The first-order valence-electron chi connectivity index (χ1n) is 6.08. The molecular formula is C14H19N3O. The molecule has 0 bridgehead atoms. The van der Waals surface area contributed by atoms with Gasteiger partial charge in [-0.05, 0) is 30.2 Å². The van der Waals surface area contributed by atoms with Crippen molar-refractivity contribution in [1.82, 2.24) is 9.78 Å². The summed E-state index contributed by atoms with van der Waals surface area (Å²) in [5.74, 6) is 1.82. The SMILES string of the molecule is CCc1cc(-c2cc(NC)nn2C)ccc1OC. The molecule has 0 atom stereocenters. The minimum Gasteiger partial charge on any atom is -0.496 e. The second kappa shape index (κ2) is 5.12. The summed E-state index contributed by atoms with van der Waals surface area (Å²) in [5, 5.41) is 7.43. The average molecular weight is 245 g/mol. The van der Waals surface area contributed by atoms with Crippen molar-refractivity contribution in [2.45, 2.75) is 13.3 Å². The molecule has 1 N–H and O–H groups in total. The van der Waals surface area contributed by atoms with E-state index in [2.05, 4.69) is 29.5 Å². The third kappa shape index (κ3) is 2.18. The van der Waals surface area contributed by atoms with Gasteiger partial charge in [0.05, 0.1) is 12.8 Å². The van der Waals surface area contributed by atoms with E-state index in [0.29, 0.717) is 0 Å². The lowest BCUT2D eigenvalue weighted by Crippen LogP contribution is -1.96. The molecule has 18 heavy (non-hydrogen) atoms. The number of aryl methyl sites for hydroxylation is 2. The molecule has 0 aliphatic rings. The van der Waals surface area contributed by atoms with Crippen LogP contribution in [0.5, 0.6) is 5.75 Å². The lowest BCUT2D eigenvalue weighted by molar-refractivity contribution is 0.410. The Morgan fingerprint density at radius 2 is 2.11 bits per heavy atom. The van der Waals surface area contributed by atoms with Gasteiger partial charge in [0.15, 0.2) is 0 Å². The maximum absolute atomic E-state index is 5.35. The number of nitrogens with one attached hydrogen (secondary N) is 1. The smallest absolute Gasteiger partial charge is 0.148 e. The Labute approximate surface area is 108 Å². The van der Waals surface area contributed by atoms with E-state index in [1.165, 1.54) is 5.56 Å². The zero-order valence-corrected chi connectivity index (χ0v) is 11.3. The molecule has 0 radical (unpaired) electrons. The molecular weight excluding hydrogens is 226 g/mol. The van der Waals surface area contributed by atoms with E-state index in [1.54, 1.807) is 7.11 Å². The lowest BCUT2D eigenvalue weighted by atomic mass is 10.1. The van der Waals surface area contributed by atoms with Crippen LogP contribution in [0.3, 0.4) is 0 Å². The van der Waals surface area contributed by atoms with Gasteiger partial charge in [0.1, 0.15) is 11.6 Å². The highest BCUT2D eigenvalue weighted by Gasteiger charge is 2.09. The molecule has 4 nitrogen and oxygen atoms in total. The van der Waals surface area contributed by atoms with Gasteiger partial charge in [-0.15, -0.1) is 0 Å². The highest BCUT2D eigenvalue weighted by molar-refractivity contribution is 5.65. The third-order valence-corrected chi connectivity index (χ3v) is 3.09. The summed E-state index contributed by atoms with van der Waals surface area (Å²) in [6.07, 6.45) is 0.952. The van der Waals surface area contributed by atoms with Crippen LogP contribution in [0.4, 0.5) is 5.82 Å². The first-order valence-corrected chi connectivity index (χ1v) is 6.08. The molecule has 1 aromatic heterocycles. The normalized spacial score (nSPS) is 10.4. The fraction of sp³-hybridized carbons (Fsp3) is 0.357. The predicted octanol–water partition coefficient (Wildman–Crippen LogP) is 2.70. The summed E-state index contributed by atoms with van der Waals surface area (Å²) in [6, 6.07) is 8.28. The molecule has 0 saturated heterocycles. The molecule has 0 unspecified atom stereocenters. The van der Waals surface area contributed by atoms with Crippen LogP contribution in [0, 0.1) is 0 Å². The van der Waals surface area contributed by atoms with Gasteiger partial charge >= 0.3 is 0 Å². The van der Waals surface area contributed by atoms with Gasteiger partial charge in [-0.25, -0.2) is 0 Å². The Bertz CT molecular complexity index is 546. The summed E-state index contributed by atoms with van der Waals surface area (Å²) in [6.45, 7) is 2.13. The summed E-state index contributed by atoms with van der Waals surface area (Å²) >= 11 is 0. The second-order valence-electron chi connectivity index (χ2n) is 4.17. The maximum atomic E-state index is 5.35. The van der Waals surface area contributed by atoms with Gasteiger partial charge in [0.25, 0.3) is 0 Å². The van der Waals surface area contributed by atoms with E-state index in [9.17, 15) is 0 Å². The lowest BCUT2D eigenvalue weighted by Gasteiger charge is -2.09. The van der Waals surface area contributed by atoms with Crippen LogP contribution < -0.4 is 10.1 Å². The van der Waals surface area contributed by atoms with Crippen molar-refractivity contribution in [1.29, 1.82) is 0 Å². The number of hydrogen-bond acceptors (Lipinski definition) is 3. The van der Waals surface area contributed by atoms with Crippen molar-refractivity contribution >= 4 is 5.82 Å². The standard InChI is InChI=1S/C14H19N3O/c1-5-10-8-11(6-7-13(10)18-4)12-9-14(15-2)16-17(12)3/h6-9H,5H2,1-4H3,(H,15,16). The number of ether oxygens (including phenoxy) is 1. The van der Waals surface area contributed by atoms with Crippen LogP contribution >= 0.6 is 0 Å². The molecule has 0 saturated carbocycles. The van der Waals surface area contributed by atoms with Crippen LogP contribution in [-0.4, -0.2) is 23.9 Å². The first-order chi connectivity index (χ1) is 8.69. The molecule has 0 spiro atoms. The number of rotatable bonds is 4. The fourth-order valence-corrected chi connectivity index (χ4v) is 2.07. The highest BCUT2D eigenvalue weighted by Crippen LogP contribution is 2.28. The highest BCUT2D eigenvalue weighted by atomic mass is 16.5. The number of anilines is 1. The van der Waals surface area contributed by atoms with E-state index in [1.807, 2.05) is 30.9 Å². The van der Waals surface area contributed by atoms with E-state index in [0.717, 1.165) is 29.2 Å². The Hall–Kier alpha value is -1.97. The van der Waals surface area contributed by atoms with E-state index in [-0.39, 0.29) is 0 Å². The van der Waals surface area contributed by atoms with E-state index in [4.69, 9.17) is 4.74 Å². The molecule has 2 aromatic rings. The Morgan fingerprint density at radius 3 is 2.67 bits per heavy atom. The van der Waals surface area contributed by atoms with Gasteiger partial charge in [0.2, 0.25) is 0 Å². The zero-order valence-electron chi connectivity index (χ0n) is 11.3. The van der Waals surface area contributed by atoms with Crippen LogP contribution in [0.1, 0.15) is 12.5 Å². The summed E-state index contributed by atoms with van der Waals surface area (Å²) in [4.78, 5) is 0.